The molecule has 0 amide bonds. The van der Waals surface area contributed by atoms with Gasteiger partial charge in [-0.25, -0.2) is 8.42 Å². The molecule has 0 aliphatic rings. The molecule has 0 fully saturated rings. The Morgan fingerprint density at radius 2 is 1.03 bits per heavy atom. The van der Waals surface area contributed by atoms with Crippen LogP contribution in [-0.2, 0) is 15.3 Å². The van der Waals surface area contributed by atoms with E-state index in [9.17, 15) is 8.42 Å². The van der Waals surface area contributed by atoms with Gasteiger partial charge in [0.2, 0.25) is 9.84 Å². The van der Waals surface area contributed by atoms with Gasteiger partial charge >= 0.3 is 0 Å². The number of rotatable bonds is 10. The van der Waals surface area contributed by atoms with Crippen LogP contribution in [0.1, 0.15) is 66.4 Å². The Balaban J connectivity index is 1.71. The molecule has 0 aliphatic carbocycles. The van der Waals surface area contributed by atoms with E-state index in [-0.39, 0.29) is 15.9 Å². The van der Waals surface area contributed by atoms with Gasteiger partial charge in [0, 0.05) is 0 Å². The van der Waals surface area contributed by atoms with Crippen LogP contribution in [-0.4, -0.2) is 14.0 Å². The molecule has 5 heteroatoms. The summed E-state index contributed by atoms with van der Waals surface area (Å²) < 4.78 is 38.2. The molecule has 0 bridgehead atoms. The third-order valence-electron chi connectivity index (χ3n) is 6.88. The van der Waals surface area contributed by atoms with Gasteiger partial charge in [0.25, 0.3) is 0 Å². The molecule has 0 spiro atoms. The second-order valence-corrected chi connectivity index (χ2v) is 11.5. The molecule has 0 aliphatic heterocycles. The first-order valence-corrected chi connectivity index (χ1v) is 13.4. The first-order chi connectivity index (χ1) is 16.0. The van der Waals surface area contributed by atoms with Gasteiger partial charge in [-0.1, -0.05) is 46.8 Å². The summed E-state index contributed by atoms with van der Waals surface area (Å²) in [5.41, 5.74) is 0.955. The Morgan fingerprint density at radius 1 is 0.618 bits per heavy atom. The molecule has 0 atom stereocenters. The smallest absolute Gasteiger partial charge is 0.206 e. The van der Waals surface area contributed by atoms with E-state index in [1.54, 1.807) is 36.4 Å². The summed E-state index contributed by atoms with van der Waals surface area (Å²) in [7, 11) is -3.60. The fourth-order valence-electron chi connectivity index (χ4n) is 3.50. The van der Waals surface area contributed by atoms with Crippen LogP contribution >= 0.6 is 0 Å². The summed E-state index contributed by atoms with van der Waals surface area (Å²) in [6, 6.07) is 21.2. The monoisotopic (exact) mass is 480 g/mol. The van der Waals surface area contributed by atoms with Crippen LogP contribution < -0.4 is 9.47 Å². The molecule has 0 heterocycles. The second-order valence-electron chi connectivity index (χ2n) is 9.57. The normalized spacial score (nSPS) is 12.4. The number of benzene rings is 3. The second kappa shape index (κ2) is 10.2. The highest BCUT2D eigenvalue weighted by molar-refractivity contribution is 7.91. The fraction of sp³-hybridized carbons (Fsp3) is 0.379. The third-order valence-corrected chi connectivity index (χ3v) is 8.67. The Hall–Kier alpha value is -2.79. The van der Waals surface area contributed by atoms with Crippen LogP contribution in [0.5, 0.6) is 17.2 Å². The van der Waals surface area contributed by atoms with E-state index in [0.717, 1.165) is 30.6 Å². The minimum absolute atomic E-state index is 0.0112. The Morgan fingerprint density at radius 3 is 1.47 bits per heavy atom. The van der Waals surface area contributed by atoms with Gasteiger partial charge < -0.3 is 9.47 Å². The van der Waals surface area contributed by atoms with E-state index in [1.165, 1.54) is 0 Å². The van der Waals surface area contributed by atoms with Crippen LogP contribution in [0.15, 0.2) is 82.6 Å². The maximum absolute atomic E-state index is 13.1. The average molecular weight is 481 g/mol. The first-order valence-electron chi connectivity index (χ1n) is 12.0. The predicted octanol–water partition coefficient (Wildman–Crippen LogP) is 7.96. The van der Waals surface area contributed by atoms with E-state index in [0.29, 0.717) is 16.4 Å². The number of hydrogen-bond donors (Lipinski definition) is 0. The standard InChI is InChI=1S/C29H36O4S/c1-7-28(4,5)22-10-18-26(19-11-22)34(30,31)27-20-16-24(17-21-27)32-23-12-14-25(15-13-23)33-29(6,8-2)9-3/h10-21H,7-9H2,1-6H3. The lowest BCUT2D eigenvalue weighted by molar-refractivity contribution is 0.0802. The van der Waals surface area contributed by atoms with Crippen molar-refractivity contribution in [2.24, 2.45) is 0 Å². The van der Waals surface area contributed by atoms with Crippen molar-refractivity contribution in [3.05, 3.63) is 78.4 Å². The molecule has 4 nitrogen and oxygen atoms in total. The maximum atomic E-state index is 13.1. The SMILES string of the molecule is CCC(C)(CC)Oc1ccc(Oc2ccc(S(=O)(=O)c3ccc(C(C)(C)CC)cc3)cc2)cc1. The summed E-state index contributed by atoms with van der Waals surface area (Å²) in [6.07, 6.45) is 2.84. The molecule has 34 heavy (non-hydrogen) atoms. The van der Waals surface area contributed by atoms with E-state index >= 15 is 0 Å². The Kier molecular flexibility index (Phi) is 7.77. The summed E-state index contributed by atoms with van der Waals surface area (Å²) >= 11 is 0. The predicted molar refractivity (Wildman–Crippen MR) is 138 cm³/mol. The molecular formula is C29H36O4S. The molecule has 0 N–H and O–H groups in total. The van der Waals surface area contributed by atoms with E-state index < -0.39 is 9.84 Å². The molecule has 3 rings (SSSR count). The van der Waals surface area contributed by atoms with Crippen molar-refractivity contribution in [1.29, 1.82) is 0 Å². The lowest BCUT2D eigenvalue weighted by atomic mass is 9.82. The largest absolute Gasteiger partial charge is 0.488 e. The lowest BCUT2D eigenvalue weighted by Crippen LogP contribution is -2.30. The van der Waals surface area contributed by atoms with Crippen LogP contribution in [0, 0.1) is 0 Å². The van der Waals surface area contributed by atoms with Crippen molar-refractivity contribution < 1.29 is 17.9 Å². The summed E-state index contributed by atoms with van der Waals surface area (Å²) in [5.74, 6) is 2.03. The van der Waals surface area contributed by atoms with Crippen LogP contribution in [0.25, 0.3) is 0 Å². The molecule has 0 unspecified atom stereocenters. The summed E-state index contributed by atoms with van der Waals surface area (Å²) in [4.78, 5) is 0.531. The minimum Gasteiger partial charge on any atom is -0.488 e. The lowest BCUT2D eigenvalue weighted by Gasteiger charge is -2.28. The number of sulfone groups is 1. The first kappa shape index (κ1) is 25.8. The van der Waals surface area contributed by atoms with Crippen molar-refractivity contribution in [1.82, 2.24) is 0 Å². The zero-order chi connectivity index (χ0) is 25.0. The van der Waals surface area contributed by atoms with Gasteiger partial charge in [0.15, 0.2) is 0 Å². The summed E-state index contributed by atoms with van der Waals surface area (Å²) in [6.45, 7) is 12.8. The van der Waals surface area contributed by atoms with Gasteiger partial charge in [-0.15, -0.1) is 0 Å². The summed E-state index contributed by atoms with van der Waals surface area (Å²) in [5, 5.41) is 0. The van der Waals surface area contributed by atoms with Gasteiger partial charge in [0.1, 0.15) is 22.8 Å². The van der Waals surface area contributed by atoms with Crippen LogP contribution in [0.4, 0.5) is 0 Å². The quantitative estimate of drug-likeness (QED) is 0.295. The van der Waals surface area contributed by atoms with Crippen molar-refractivity contribution in [3.63, 3.8) is 0 Å². The van der Waals surface area contributed by atoms with Crippen LogP contribution in [0.2, 0.25) is 0 Å². The minimum atomic E-state index is -3.60. The fourth-order valence-corrected chi connectivity index (χ4v) is 4.76. The number of ether oxygens (including phenoxy) is 2. The maximum Gasteiger partial charge on any atom is 0.206 e. The van der Waals surface area contributed by atoms with Crippen molar-refractivity contribution in [2.75, 3.05) is 0 Å². The van der Waals surface area contributed by atoms with Crippen molar-refractivity contribution in [3.8, 4) is 17.2 Å². The highest BCUT2D eigenvalue weighted by Gasteiger charge is 2.22. The van der Waals surface area contributed by atoms with Crippen molar-refractivity contribution in [2.45, 2.75) is 81.6 Å². The van der Waals surface area contributed by atoms with Gasteiger partial charge in [-0.3, -0.25) is 0 Å². The molecule has 0 saturated heterocycles. The van der Waals surface area contributed by atoms with E-state index in [4.69, 9.17) is 9.47 Å². The number of hydrogen-bond acceptors (Lipinski definition) is 4. The molecule has 0 saturated carbocycles. The molecular weight excluding hydrogens is 444 g/mol. The molecule has 3 aromatic carbocycles. The highest BCUT2D eigenvalue weighted by Crippen LogP contribution is 2.31. The molecule has 0 aromatic heterocycles. The van der Waals surface area contributed by atoms with Crippen LogP contribution in [0.3, 0.4) is 0 Å². The highest BCUT2D eigenvalue weighted by atomic mass is 32.2. The van der Waals surface area contributed by atoms with E-state index in [1.807, 2.05) is 36.4 Å². The van der Waals surface area contributed by atoms with E-state index in [2.05, 4.69) is 41.5 Å². The Labute approximate surface area is 204 Å². The average Bonchev–Trinajstić information content (AvgIpc) is 2.85. The van der Waals surface area contributed by atoms with Gasteiger partial charge in [-0.2, -0.15) is 0 Å². The topological polar surface area (TPSA) is 52.6 Å². The van der Waals surface area contributed by atoms with Gasteiger partial charge in [-0.05, 0) is 97.8 Å². The zero-order valence-corrected chi connectivity index (χ0v) is 21.9. The molecule has 182 valence electrons. The Bertz CT molecular complexity index is 1170. The third kappa shape index (κ3) is 5.82. The molecule has 0 radical (unpaired) electrons. The van der Waals surface area contributed by atoms with Gasteiger partial charge in [0.05, 0.1) is 9.79 Å². The zero-order valence-electron chi connectivity index (χ0n) is 21.1. The van der Waals surface area contributed by atoms with Crippen molar-refractivity contribution >= 4 is 9.84 Å². The molecule has 3 aromatic rings.